The van der Waals surface area contributed by atoms with E-state index in [9.17, 15) is 5.11 Å². The highest BCUT2D eigenvalue weighted by Crippen LogP contribution is 2.38. The molecule has 0 spiro atoms. The molecule has 1 atom stereocenters. The third-order valence-corrected chi connectivity index (χ3v) is 4.93. The lowest BCUT2D eigenvalue weighted by molar-refractivity contribution is 0.0241. The molecule has 1 fully saturated rings. The summed E-state index contributed by atoms with van der Waals surface area (Å²) in [7, 11) is 0. The van der Waals surface area contributed by atoms with Crippen molar-refractivity contribution in [2.24, 2.45) is 0 Å². The van der Waals surface area contributed by atoms with E-state index in [1.165, 1.54) is 4.88 Å². The molecule has 1 unspecified atom stereocenters. The largest absolute Gasteiger partial charge is 0.508 e. The Morgan fingerprint density at radius 1 is 1.25 bits per heavy atom. The Kier molecular flexibility index (Phi) is 4.41. The molecule has 0 radical (unpaired) electrons. The van der Waals surface area contributed by atoms with Gasteiger partial charge in [-0.25, -0.2) is 0 Å². The quantitative estimate of drug-likeness (QED) is 0.914. The third kappa shape index (κ3) is 2.91. The van der Waals surface area contributed by atoms with Crippen LogP contribution >= 0.6 is 27.3 Å². The van der Waals surface area contributed by atoms with Gasteiger partial charge in [-0.15, -0.1) is 11.3 Å². The van der Waals surface area contributed by atoms with E-state index in [1.807, 2.05) is 12.1 Å². The molecule has 2 heterocycles. The second-order valence-corrected chi connectivity index (χ2v) is 6.66. The van der Waals surface area contributed by atoms with Gasteiger partial charge in [0.2, 0.25) is 0 Å². The van der Waals surface area contributed by atoms with Crippen LogP contribution in [-0.4, -0.2) is 36.3 Å². The monoisotopic (exact) mass is 353 g/mol. The Morgan fingerprint density at radius 2 is 2.05 bits per heavy atom. The molecular formula is C15H16BrNO2S. The second-order valence-electron chi connectivity index (χ2n) is 4.77. The Balaban J connectivity index is 2.02. The molecule has 2 aromatic rings. The van der Waals surface area contributed by atoms with Crippen LogP contribution in [0.3, 0.4) is 0 Å². The van der Waals surface area contributed by atoms with E-state index in [2.05, 4.69) is 38.3 Å². The van der Waals surface area contributed by atoms with E-state index < -0.39 is 0 Å². The summed E-state index contributed by atoms with van der Waals surface area (Å²) in [4.78, 5) is 3.62. The summed E-state index contributed by atoms with van der Waals surface area (Å²) in [5.41, 5.74) is 0.948. The Hall–Kier alpha value is -0.880. The number of ether oxygens (including phenoxy) is 1. The molecule has 3 nitrogen and oxygen atoms in total. The zero-order valence-corrected chi connectivity index (χ0v) is 13.4. The van der Waals surface area contributed by atoms with Gasteiger partial charge < -0.3 is 9.84 Å². The minimum atomic E-state index is 0.0939. The van der Waals surface area contributed by atoms with E-state index in [1.54, 1.807) is 17.4 Å². The number of phenols is 1. The van der Waals surface area contributed by atoms with Gasteiger partial charge in [0.05, 0.1) is 19.3 Å². The van der Waals surface area contributed by atoms with E-state index in [0.717, 1.165) is 36.3 Å². The van der Waals surface area contributed by atoms with E-state index >= 15 is 0 Å². The highest BCUT2D eigenvalue weighted by atomic mass is 79.9. The lowest BCUT2D eigenvalue weighted by Crippen LogP contribution is -2.39. The Labute approximate surface area is 130 Å². The maximum Gasteiger partial charge on any atom is 0.120 e. The van der Waals surface area contributed by atoms with Crippen LogP contribution in [0.15, 0.2) is 40.2 Å². The van der Waals surface area contributed by atoms with Crippen LogP contribution in [-0.2, 0) is 4.74 Å². The lowest BCUT2D eigenvalue weighted by Gasteiger charge is -2.34. The third-order valence-electron chi connectivity index (χ3n) is 3.51. The second kappa shape index (κ2) is 6.26. The zero-order chi connectivity index (χ0) is 13.9. The van der Waals surface area contributed by atoms with E-state index in [-0.39, 0.29) is 6.04 Å². The lowest BCUT2D eigenvalue weighted by atomic mass is 10.0. The fourth-order valence-corrected chi connectivity index (χ4v) is 3.81. The highest BCUT2D eigenvalue weighted by molar-refractivity contribution is 9.10. The van der Waals surface area contributed by atoms with Crippen LogP contribution in [0.5, 0.6) is 5.75 Å². The first kappa shape index (κ1) is 14.1. The van der Waals surface area contributed by atoms with Gasteiger partial charge in [-0.1, -0.05) is 22.0 Å². The average Bonchev–Trinajstić information content (AvgIpc) is 2.98. The number of hydrogen-bond donors (Lipinski definition) is 1. The molecule has 0 amide bonds. The van der Waals surface area contributed by atoms with E-state index in [0.29, 0.717) is 5.75 Å². The Morgan fingerprint density at radius 3 is 2.75 bits per heavy atom. The smallest absolute Gasteiger partial charge is 0.120 e. The number of phenolic OH excluding ortho intramolecular Hbond substituents is 1. The van der Waals surface area contributed by atoms with Crippen LogP contribution in [0.4, 0.5) is 0 Å². The summed E-state index contributed by atoms with van der Waals surface area (Å²) in [6.07, 6.45) is 0. The van der Waals surface area contributed by atoms with Gasteiger partial charge in [-0.2, -0.15) is 0 Å². The van der Waals surface area contributed by atoms with Gasteiger partial charge in [0.1, 0.15) is 5.75 Å². The Bertz CT molecular complexity index is 567. The summed E-state index contributed by atoms with van der Waals surface area (Å²) in [6, 6.07) is 9.91. The van der Waals surface area contributed by atoms with Gasteiger partial charge in [-0.05, 0) is 29.6 Å². The molecule has 3 rings (SSSR count). The number of morpholine rings is 1. The van der Waals surface area contributed by atoms with Crippen LogP contribution < -0.4 is 0 Å². The van der Waals surface area contributed by atoms with Gasteiger partial charge in [0.15, 0.2) is 0 Å². The van der Waals surface area contributed by atoms with Crippen molar-refractivity contribution in [3.8, 4) is 5.75 Å². The number of thiophene rings is 1. The summed E-state index contributed by atoms with van der Waals surface area (Å²) in [5, 5.41) is 12.3. The molecule has 0 aliphatic carbocycles. The van der Waals surface area contributed by atoms with Crippen molar-refractivity contribution in [3.05, 3.63) is 50.6 Å². The van der Waals surface area contributed by atoms with Gasteiger partial charge in [0, 0.05) is 28.0 Å². The molecule has 106 valence electrons. The maximum absolute atomic E-state index is 10.3. The molecule has 1 aromatic heterocycles. The molecule has 1 N–H and O–H groups in total. The SMILES string of the molecule is Oc1ccc(Br)cc1C(c1cccs1)N1CCOCC1. The topological polar surface area (TPSA) is 32.7 Å². The summed E-state index contributed by atoms with van der Waals surface area (Å²) >= 11 is 5.23. The number of benzene rings is 1. The van der Waals surface area contributed by atoms with Gasteiger partial charge in [-0.3, -0.25) is 4.90 Å². The van der Waals surface area contributed by atoms with Crippen LogP contribution in [0.2, 0.25) is 0 Å². The van der Waals surface area contributed by atoms with Crippen molar-refractivity contribution in [1.82, 2.24) is 4.90 Å². The number of halogens is 1. The molecule has 1 aromatic carbocycles. The minimum absolute atomic E-state index is 0.0939. The number of hydrogen-bond acceptors (Lipinski definition) is 4. The standard InChI is InChI=1S/C15H16BrNO2S/c16-11-3-4-13(18)12(10-11)15(14-2-1-9-20-14)17-5-7-19-8-6-17/h1-4,9-10,15,18H,5-8H2. The minimum Gasteiger partial charge on any atom is -0.508 e. The van der Waals surface area contributed by atoms with Crippen LogP contribution in [0.25, 0.3) is 0 Å². The number of nitrogens with zero attached hydrogens (tertiary/aromatic N) is 1. The van der Waals surface area contributed by atoms with Gasteiger partial charge >= 0.3 is 0 Å². The molecule has 1 saturated heterocycles. The molecule has 0 saturated carbocycles. The average molecular weight is 354 g/mol. The predicted molar refractivity (Wildman–Crippen MR) is 84.4 cm³/mol. The summed E-state index contributed by atoms with van der Waals surface area (Å²) < 4.78 is 6.43. The fraction of sp³-hybridized carbons (Fsp3) is 0.333. The van der Waals surface area contributed by atoms with Crippen molar-refractivity contribution >= 4 is 27.3 Å². The summed E-state index contributed by atoms with van der Waals surface area (Å²) in [6.45, 7) is 3.26. The first-order chi connectivity index (χ1) is 9.75. The van der Waals surface area contributed by atoms with Crippen molar-refractivity contribution < 1.29 is 9.84 Å². The number of rotatable bonds is 3. The van der Waals surface area contributed by atoms with E-state index in [4.69, 9.17) is 4.74 Å². The van der Waals surface area contributed by atoms with Crippen molar-refractivity contribution in [2.75, 3.05) is 26.3 Å². The van der Waals surface area contributed by atoms with Crippen molar-refractivity contribution in [2.45, 2.75) is 6.04 Å². The molecule has 20 heavy (non-hydrogen) atoms. The maximum atomic E-state index is 10.3. The fourth-order valence-electron chi connectivity index (χ4n) is 2.56. The normalized spacial score (nSPS) is 18.1. The summed E-state index contributed by atoms with van der Waals surface area (Å²) in [5.74, 6) is 0.345. The number of aromatic hydroxyl groups is 1. The molecule has 1 aliphatic rings. The van der Waals surface area contributed by atoms with Crippen molar-refractivity contribution in [1.29, 1.82) is 0 Å². The first-order valence-electron chi connectivity index (χ1n) is 6.59. The van der Waals surface area contributed by atoms with Crippen LogP contribution in [0.1, 0.15) is 16.5 Å². The molecule has 1 aliphatic heterocycles. The molecule has 0 bridgehead atoms. The highest BCUT2D eigenvalue weighted by Gasteiger charge is 2.27. The van der Waals surface area contributed by atoms with Gasteiger partial charge in [0.25, 0.3) is 0 Å². The first-order valence-corrected chi connectivity index (χ1v) is 8.26. The van der Waals surface area contributed by atoms with Crippen LogP contribution in [0, 0.1) is 0 Å². The molecule has 5 heteroatoms. The predicted octanol–water partition coefficient (Wildman–Crippen LogP) is 3.64. The zero-order valence-electron chi connectivity index (χ0n) is 11.0. The van der Waals surface area contributed by atoms with Crippen molar-refractivity contribution in [3.63, 3.8) is 0 Å². The molecular weight excluding hydrogens is 338 g/mol.